The Morgan fingerprint density at radius 3 is 2.59 bits per heavy atom. The molecule has 1 aliphatic rings. The van der Waals surface area contributed by atoms with Gasteiger partial charge in [0.1, 0.15) is 10.8 Å². The minimum absolute atomic E-state index is 0.0648. The van der Waals surface area contributed by atoms with Crippen LogP contribution in [-0.2, 0) is 11.3 Å². The number of hydrogen-bond donors (Lipinski definition) is 1. The second-order valence-corrected chi connectivity index (χ2v) is 7.93. The van der Waals surface area contributed by atoms with Crippen LogP contribution < -0.4 is 10.2 Å². The average Bonchev–Trinajstić information content (AvgIpc) is 2.68. The van der Waals surface area contributed by atoms with Crippen molar-refractivity contribution in [3.8, 4) is 0 Å². The summed E-state index contributed by atoms with van der Waals surface area (Å²) in [5.41, 5.74) is 3.95. The van der Waals surface area contributed by atoms with Crippen molar-refractivity contribution in [3.63, 3.8) is 0 Å². The van der Waals surface area contributed by atoms with E-state index in [0.29, 0.717) is 12.1 Å². The van der Waals surface area contributed by atoms with E-state index in [1.54, 1.807) is 11.8 Å². The number of nitrogens with one attached hydrogen (secondary N) is 1. The molecule has 0 spiro atoms. The van der Waals surface area contributed by atoms with Crippen LogP contribution in [0.15, 0.2) is 35.4 Å². The maximum Gasteiger partial charge on any atom is 0.254 e. The molecule has 3 rings (SSSR count). The fourth-order valence-corrected chi connectivity index (χ4v) is 3.90. The third kappa shape index (κ3) is 5.02. The summed E-state index contributed by atoms with van der Waals surface area (Å²) >= 11 is 1.62. The third-order valence-corrected chi connectivity index (χ3v) is 5.44. The van der Waals surface area contributed by atoms with E-state index in [1.807, 2.05) is 25.1 Å². The number of carbonyl (C=O) groups is 1. The molecule has 2 heterocycles. The molecule has 1 N–H and O–H groups in total. The molecule has 0 saturated carbocycles. The zero-order chi connectivity index (χ0) is 19.2. The summed E-state index contributed by atoms with van der Waals surface area (Å²) in [6, 6.07) is 10.2. The van der Waals surface area contributed by atoms with E-state index in [2.05, 4.69) is 36.2 Å². The average molecular weight is 386 g/mol. The normalized spacial score (nSPS) is 14.3. The lowest BCUT2D eigenvalue weighted by Gasteiger charge is -2.28. The second kappa shape index (κ2) is 9.24. The first-order valence-corrected chi connectivity index (χ1v) is 10.4. The minimum Gasteiger partial charge on any atom is -0.378 e. The summed E-state index contributed by atoms with van der Waals surface area (Å²) in [7, 11) is 0. The van der Waals surface area contributed by atoms with Gasteiger partial charge in [0.15, 0.2) is 0 Å². The molecular weight excluding hydrogens is 358 g/mol. The van der Waals surface area contributed by atoms with Crippen LogP contribution in [0.4, 0.5) is 5.82 Å². The quantitative estimate of drug-likeness (QED) is 0.771. The van der Waals surface area contributed by atoms with Crippen LogP contribution in [0, 0.1) is 13.8 Å². The van der Waals surface area contributed by atoms with Crippen LogP contribution in [0.2, 0.25) is 0 Å². The number of thioether (sulfide) groups is 1. The lowest BCUT2D eigenvalue weighted by molar-refractivity contribution is 0.0946. The van der Waals surface area contributed by atoms with Crippen LogP contribution in [0.1, 0.15) is 34.0 Å². The van der Waals surface area contributed by atoms with Crippen molar-refractivity contribution in [1.82, 2.24) is 10.3 Å². The Bertz CT molecular complexity index is 787. The van der Waals surface area contributed by atoms with Gasteiger partial charge in [-0.15, -0.1) is 11.8 Å². The molecule has 1 fully saturated rings. The molecule has 0 radical (unpaired) electrons. The van der Waals surface area contributed by atoms with E-state index >= 15 is 0 Å². The van der Waals surface area contributed by atoms with E-state index < -0.39 is 0 Å². The van der Waals surface area contributed by atoms with Crippen LogP contribution in [0.25, 0.3) is 0 Å². The fourth-order valence-electron chi connectivity index (χ4n) is 3.08. The van der Waals surface area contributed by atoms with Gasteiger partial charge in [-0.05, 0) is 36.8 Å². The van der Waals surface area contributed by atoms with Gasteiger partial charge >= 0.3 is 0 Å². The van der Waals surface area contributed by atoms with Crippen LogP contribution in [-0.4, -0.2) is 42.9 Å². The third-order valence-electron chi connectivity index (χ3n) is 4.59. The van der Waals surface area contributed by atoms with Gasteiger partial charge in [0.05, 0.1) is 18.8 Å². The van der Waals surface area contributed by atoms with Crippen molar-refractivity contribution in [2.24, 2.45) is 0 Å². The molecule has 1 aromatic carbocycles. The number of ether oxygens (including phenoxy) is 1. The van der Waals surface area contributed by atoms with Crippen LogP contribution >= 0.6 is 11.8 Å². The molecule has 0 unspecified atom stereocenters. The monoisotopic (exact) mass is 385 g/mol. The van der Waals surface area contributed by atoms with Gasteiger partial charge in [-0.25, -0.2) is 4.98 Å². The Labute approximate surface area is 165 Å². The van der Waals surface area contributed by atoms with Crippen molar-refractivity contribution < 1.29 is 9.53 Å². The van der Waals surface area contributed by atoms with Gasteiger partial charge in [0.2, 0.25) is 0 Å². The molecule has 1 aromatic heterocycles. The molecule has 0 atom stereocenters. The number of pyridine rings is 1. The van der Waals surface area contributed by atoms with Gasteiger partial charge in [0, 0.05) is 19.6 Å². The first-order chi connectivity index (χ1) is 13.1. The number of hydrogen-bond acceptors (Lipinski definition) is 5. The van der Waals surface area contributed by atoms with Crippen molar-refractivity contribution >= 4 is 23.5 Å². The predicted molar refractivity (Wildman–Crippen MR) is 111 cm³/mol. The number of aromatic nitrogens is 1. The number of rotatable bonds is 6. The van der Waals surface area contributed by atoms with Crippen molar-refractivity contribution in [1.29, 1.82) is 0 Å². The lowest BCUT2D eigenvalue weighted by Crippen LogP contribution is -2.37. The first kappa shape index (κ1) is 19.7. The highest BCUT2D eigenvalue weighted by Crippen LogP contribution is 2.28. The number of amides is 1. The molecule has 5 nitrogen and oxygen atoms in total. The molecule has 2 aromatic rings. The Balaban J connectivity index is 1.79. The van der Waals surface area contributed by atoms with Gasteiger partial charge in [-0.2, -0.15) is 0 Å². The molecule has 144 valence electrons. The number of nitrogens with zero attached hydrogens (tertiary/aromatic N) is 2. The summed E-state index contributed by atoms with van der Waals surface area (Å²) in [4.78, 5) is 19.9. The fraction of sp³-hybridized carbons (Fsp3) is 0.429. The lowest BCUT2D eigenvalue weighted by atomic mass is 10.1. The van der Waals surface area contributed by atoms with E-state index in [4.69, 9.17) is 9.72 Å². The Kier molecular flexibility index (Phi) is 6.74. The summed E-state index contributed by atoms with van der Waals surface area (Å²) < 4.78 is 5.43. The molecule has 6 heteroatoms. The van der Waals surface area contributed by atoms with Gasteiger partial charge in [-0.1, -0.05) is 36.8 Å². The van der Waals surface area contributed by atoms with Gasteiger partial charge in [0.25, 0.3) is 5.91 Å². The molecule has 0 bridgehead atoms. The maximum atomic E-state index is 12.9. The zero-order valence-corrected chi connectivity index (χ0v) is 17.1. The van der Waals surface area contributed by atoms with Crippen molar-refractivity contribution in [3.05, 3.63) is 52.6 Å². The molecule has 1 aliphatic heterocycles. The van der Waals surface area contributed by atoms with E-state index in [-0.39, 0.29) is 5.91 Å². The van der Waals surface area contributed by atoms with E-state index in [9.17, 15) is 4.79 Å². The van der Waals surface area contributed by atoms with E-state index in [1.165, 1.54) is 5.56 Å². The van der Waals surface area contributed by atoms with Gasteiger partial charge in [-0.3, -0.25) is 4.79 Å². The SMILES string of the molecule is CCSc1nc(N2CCOCC2)cc(C)c1C(=O)NCc1ccc(C)cc1. The largest absolute Gasteiger partial charge is 0.378 e. The summed E-state index contributed by atoms with van der Waals surface area (Å²) in [5.74, 6) is 1.74. The summed E-state index contributed by atoms with van der Waals surface area (Å²) in [6.07, 6.45) is 0. The van der Waals surface area contributed by atoms with Crippen molar-refractivity contribution in [2.75, 3.05) is 37.0 Å². The first-order valence-electron chi connectivity index (χ1n) is 9.39. The standard InChI is InChI=1S/C21H27N3O2S/c1-4-27-21-19(20(25)22-14-17-7-5-15(2)6-8-17)16(3)13-18(23-21)24-9-11-26-12-10-24/h5-8,13H,4,9-12,14H2,1-3H3,(H,22,25). The molecule has 27 heavy (non-hydrogen) atoms. The number of anilines is 1. The number of benzene rings is 1. The summed E-state index contributed by atoms with van der Waals surface area (Å²) in [5, 5.41) is 3.85. The highest BCUT2D eigenvalue weighted by Gasteiger charge is 2.20. The topological polar surface area (TPSA) is 54.5 Å². The number of aryl methyl sites for hydroxylation is 2. The van der Waals surface area contributed by atoms with Crippen LogP contribution in [0.5, 0.6) is 0 Å². The second-order valence-electron chi connectivity index (χ2n) is 6.68. The minimum atomic E-state index is -0.0648. The maximum absolute atomic E-state index is 12.9. The molecule has 0 aliphatic carbocycles. The Morgan fingerprint density at radius 1 is 1.22 bits per heavy atom. The highest BCUT2D eigenvalue weighted by atomic mass is 32.2. The van der Waals surface area contributed by atoms with E-state index in [0.717, 1.165) is 54.0 Å². The molecule has 1 saturated heterocycles. The number of carbonyl (C=O) groups excluding carboxylic acids is 1. The zero-order valence-electron chi connectivity index (χ0n) is 16.2. The highest BCUT2D eigenvalue weighted by molar-refractivity contribution is 7.99. The number of morpholine rings is 1. The summed E-state index contributed by atoms with van der Waals surface area (Å²) in [6.45, 7) is 9.75. The van der Waals surface area contributed by atoms with Gasteiger partial charge < -0.3 is 15.0 Å². The molecular formula is C21H27N3O2S. The Morgan fingerprint density at radius 2 is 1.93 bits per heavy atom. The van der Waals surface area contributed by atoms with Crippen LogP contribution in [0.3, 0.4) is 0 Å². The smallest absolute Gasteiger partial charge is 0.254 e. The Hall–Kier alpha value is -2.05. The van der Waals surface area contributed by atoms with Crippen molar-refractivity contribution in [2.45, 2.75) is 32.3 Å². The predicted octanol–water partition coefficient (Wildman–Crippen LogP) is 3.58. The molecule has 1 amide bonds.